The third kappa shape index (κ3) is 44.2. The van der Waals surface area contributed by atoms with Crippen LogP contribution in [-0.4, -0.2) is 159 Å². The summed E-state index contributed by atoms with van der Waals surface area (Å²) in [4.78, 5) is 40.8. The van der Waals surface area contributed by atoms with Gasteiger partial charge in [-0.05, 0) is 143 Å². The van der Waals surface area contributed by atoms with Crippen LogP contribution in [0.15, 0.2) is 203 Å². The van der Waals surface area contributed by atoms with Crippen molar-refractivity contribution in [2.24, 2.45) is 91.2 Å². The van der Waals surface area contributed by atoms with Gasteiger partial charge >= 0.3 is 0 Å². The van der Waals surface area contributed by atoms with Crippen LogP contribution in [0.5, 0.6) is 0 Å². The molecule has 0 unspecified atom stereocenters. The van der Waals surface area contributed by atoms with E-state index in [0.717, 1.165) is 58.2 Å². The maximum Gasteiger partial charge on any atom is 0.239 e. The molecule has 1 heterocycles. The van der Waals surface area contributed by atoms with Crippen molar-refractivity contribution in [3.8, 4) is 0 Å². The van der Waals surface area contributed by atoms with Gasteiger partial charge in [-0.25, -0.2) is 10.0 Å². The van der Waals surface area contributed by atoms with Gasteiger partial charge in [-0.15, -0.1) is 16.9 Å². The minimum atomic E-state index is -0.455. The molecule has 9 rings (SSSR count). The molecule has 0 atom stereocenters. The summed E-state index contributed by atoms with van der Waals surface area (Å²) in [6.45, 7) is 7.31. The lowest BCUT2D eigenvalue weighted by molar-refractivity contribution is -0.117. The Balaban J connectivity index is 0.000000458. The number of amides is 2. The molecule has 39 heteroatoms. The highest BCUT2D eigenvalue weighted by Crippen LogP contribution is 2.28. The number of carbonyl (C=O) groups excluding carboxylic acids is 2. The largest absolute Gasteiger partial charge is 0.387 e. The normalized spacial score (nSPS) is 11.4. The zero-order chi connectivity index (χ0) is 88.1. The maximum atomic E-state index is 10.4. The Labute approximate surface area is 760 Å². The molecule has 118 heavy (non-hydrogen) atoms. The molecule has 26 nitrogen and oxygen atoms in total. The highest BCUT2D eigenvalue weighted by molar-refractivity contribution is 14.1. The Kier molecular flexibility index (Phi) is 53.9. The van der Waals surface area contributed by atoms with Crippen LogP contribution in [0, 0.1) is 25.2 Å². The molecule has 8 aromatic carbocycles. The third-order valence-electron chi connectivity index (χ3n) is 14.4. The van der Waals surface area contributed by atoms with Crippen LogP contribution in [0.2, 0.25) is 55.2 Å². The predicted molar refractivity (Wildman–Crippen MR) is 514 cm³/mol. The van der Waals surface area contributed by atoms with Crippen LogP contribution in [0.4, 0.5) is 0 Å². The van der Waals surface area contributed by atoms with E-state index in [-0.39, 0.29) is 43.2 Å². The second kappa shape index (κ2) is 60.5. The average Bonchev–Trinajstić information content (AvgIpc) is 0.848. The van der Waals surface area contributed by atoms with Crippen molar-refractivity contribution >= 4 is 252 Å². The van der Waals surface area contributed by atoms with Gasteiger partial charge in [-0.3, -0.25) is 56.2 Å². The number of hydrogen-bond donors (Lipinski definition) is 13. The van der Waals surface area contributed by atoms with Crippen LogP contribution < -0.4 is 51.2 Å². The Bertz CT molecular complexity index is 4680. The Hall–Kier alpha value is -8.96. The van der Waals surface area contributed by atoms with Crippen molar-refractivity contribution in [2.75, 3.05) is 59.1 Å². The van der Waals surface area contributed by atoms with Gasteiger partial charge in [0.1, 0.15) is 24.8 Å². The summed E-state index contributed by atoms with van der Waals surface area (Å²) in [5, 5.41) is 56.5. The molecule has 8 aromatic rings. The summed E-state index contributed by atoms with van der Waals surface area (Å²) in [5.74, 6) is -0.497. The molecule has 628 valence electrons. The number of thioether (sulfide) groups is 1. The Morgan fingerprint density at radius 1 is 0.517 bits per heavy atom. The van der Waals surface area contributed by atoms with E-state index in [1.807, 2.05) is 54.9 Å². The number of hydrogen-bond acceptors (Lipinski definition) is 19. The minimum Gasteiger partial charge on any atom is -0.387 e. The van der Waals surface area contributed by atoms with E-state index in [9.17, 15) is 9.59 Å². The van der Waals surface area contributed by atoms with Crippen LogP contribution in [-0.2, 0) is 35.4 Å². The maximum absolute atomic E-state index is 10.4. The molecule has 0 fully saturated rings. The lowest BCUT2D eigenvalue weighted by Crippen LogP contribution is -2.37. The number of rotatable bonds is 25. The zero-order valence-corrected chi connectivity index (χ0v) is 75.6. The second-order valence-corrected chi connectivity index (χ2v) is 29.8. The van der Waals surface area contributed by atoms with E-state index in [1.54, 1.807) is 128 Å². The summed E-state index contributed by atoms with van der Waals surface area (Å²) in [6, 6.07) is 47.8. The third-order valence-corrected chi connectivity index (χ3v) is 19.7. The summed E-state index contributed by atoms with van der Waals surface area (Å²) in [6.07, 6.45) is 16.5. The number of hydrazone groups is 2. The molecule has 2 amide bonds. The number of amidine groups is 2. The minimum absolute atomic E-state index is 0.00871. The molecule has 0 radical (unpaired) electrons. The van der Waals surface area contributed by atoms with E-state index < -0.39 is 11.8 Å². The smallest absolute Gasteiger partial charge is 0.239 e. The van der Waals surface area contributed by atoms with Crippen molar-refractivity contribution < 1.29 is 9.59 Å². The summed E-state index contributed by atoms with van der Waals surface area (Å²) >= 11 is 68.9. The second-order valence-electron chi connectivity index (χ2n) is 23.3. The van der Waals surface area contributed by atoms with E-state index >= 15 is 0 Å². The lowest BCUT2D eigenvalue weighted by atomic mass is 9.98. The monoisotopic (exact) mass is 1950 g/mol. The van der Waals surface area contributed by atoms with Gasteiger partial charge in [-0.2, -0.15) is 15.3 Å². The molecule has 0 bridgehead atoms. The first-order valence-electron chi connectivity index (χ1n) is 34.8. The summed E-state index contributed by atoms with van der Waals surface area (Å²) in [5.41, 5.74) is 50.6. The number of nitrogens with zero attached hydrogens (tertiary/aromatic N) is 11. The molecular formula is C79H90Cl11IN24O2S. The fourth-order valence-corrected chi connectivity index (χ4v) is 12.0. The fraction of sp³-hybridized carbons (Fsp3) is 0.203. The van der Waals surface area contributed by atoms with Crippen molar-refractivity contribution in [1.82, 2.24) is 15.3 Å². The average molecular weight is 1960 g/mol. The first-order valence-corrected chi connectivity index (χ1v) is 41.3. The highest BCUT2D eigenvalue weighted by Gasteiger charge is 2.13. The van der Waals surface area contributed by atoms with Crippen molar-refractivity contribution in [2.45, 2.75) is 46.1 Å². The number of aliphatic imine (C=N–C) groups is 5. The summed E-state index contributed by atoms with van der Waals surface area (Å²) < 4.78 is 1.10. The van der Waals surface area contributed by atoms with Crippen LogP contribution in [0.25, 0.3) is 0 Å². The molecule has 0 saturated carbocycles. The molecule has 0 spiro atoms. The Morgan fingerprint density at radius 2 is 0.932 bits per heavy atom. The number of nitrogens with one attached hydrogen (secondary N) is 5. The van der Waals surface area contributed by atoms with Gasteiger partial charge in [0.2, 0.25) is 29.7 Å². The first kappa shape index (κ1) is 105. The topological polar surface area (TPSA) is 467 Å². The molecular weight excluding hydrogens is 1870 g/mol. The van der Waals surface area contributed by atoms with Crippen LogP contribution >= 0.6 is 162 Å². The van der Waals surface area contributed by atoms with E-state index in [0.29, 0.717) is 109 Å². The number of carbonyl (C=O) groups is 2. The zero-order valence-electron chi connectivity index (χ0n) is 64.3. The number of primary amides is 2. The number of benzene rings is 8. The van der Waals surface area contributed by atoms with Gasteiger partial charge in [0.15, 0.2) is 0 Å². The molecule has 21 N–H and O–H groups in total. The standard InChI is InChI=1S/C13H19N3.C11H12Cl2N4.C10H10Cl2N2S.2C9H10Cl2N4.C9H11Cl2N3.C9H9ClN2O.C9H9IN2O/c1-3-10-6-5-7-11(4-2)12(10)8-16-9-13(14)15;12-9-3-1-4-10(13)8(9)7-16-17-6-2-5-15-11(17)14;1-15-10(13)6-14-5-7-8(11)3-2-4-9(7)12;1-15(9(12)13)14-5-6-7(10)3-2-4-8(6)11;10-7-2-1-3-8(11)6(7)4-5-14-15-9(12)13;10-7-2-1-3-8(11)6(7)4-14-5-9(12)13;2*10-8-4-2-1-3-7(8)5-12-6-9(11)13/h5-8H,3-4,9H2,1-2H3,(H3,14,15);1,3-4,7H,2,5-6H2,(H2,14,15);2-5,13H,6H2,1H3;2-5H,1H3,(H3,12,13);1-3,5H,4H2,(H4,12,13,15);1-3,14H,4-5H2,(H3,12,13);2*1-5H,6H2,(H2,11,13)/b;16-7+;;2*14-5+;;;. The predicted octanol–water partition coefficient (Wildman–Crippen LogP) is 16.7. The van der Waals surface area contributed by atoms with Gasteiger partial charge in [-0.1, -0.05) is 226 Å². The fourth-order valence-electron chi connectivity index (χ4n) is 8.55. The highest BCUT2D eigenvalue weighted by atomic mass is 127. The first-order chi connectivity index (χ1) is 56.1. The quantitative estimate of drug-likeness (QED) is 0.0110. The molecule has 0 aliphatic carbocycles. The van der Waals surface area contributed by atoms with Crippen molar-refractivity contribution in [3.63, 3.8) is 0 Å². The lowest BCUT2D eigenvalue weighted by Gasteiger charge is -2.21. The number of aryl methyl sites for hydroxylation is 2. The van der Waals surface area contributed by atoms with E-state index in [4.69, 9.17) is 195 Å². The van der Waals surface area contributed by atoms with Gasteiger partial charge in [0, 0.05) is 126 Å². The number of nitrogens with two attached hydrogens (primary N) is 8. The van der Waals surface area contributed by atoms with Crippen molar-refractivity contribution in [3.05, 3.63) is 272 Å². The van der Waals surface area contributed by atoms with Crippen molar-refractivity contribution in [1.29, 1.82) is 21.6 Å². The number of guanidine groups is 3. The van der Waals surface area contributed by atoms with Crippen LogP contribution in [0.3, 0.4) is 0 Å². The van der Waals surface area contributed by atoms with E-state index in [1.165, 1.54) is 52.1 Å². The van der Waals surface area contributed by atoms with Gasteiger partial charge in [0.25, 0.3) is 0 Å². The van der Waals surface area contributed by atoms with E-state index in [2.05, 4.69) is 105 Å². The molecule has 1 aliphatic rings. The molecule has 0 saturated heterocycles. The van der Waals surface area contributed by atoms with Gasteiger partial charge in [0.05, 0.1) is 67.2 Å². The Morgan fingerprint density at radius 3 is 1.37 bits per heavy atom. The van der Waals surface area contributed by atoms with Gasteiger partial charge < -0.3 is 51.2 Å². The number of halogens is 12. The molecule has 1 aliphatic heterocycles. The summed E-state index contributed by atoms with van der Waals surface area (Å²) in [7, 11) is 1.56. The van der Waals surface area contributed by atoms with Crippen LogP contribution in [0.1, 0.15) is 75.9 Å². The molecule has 0 aromatic heterocycles. The SMILES string of the molecule is CCc1cccc(CC)c1C=NCC(=N)N.CN(/N=C/c1c(Cl)cccc1Cl)C(=N)N.CSC(=N)CN=Cc1c(Cl)cccc1Cl.N=C(N)CNCc1c(Cl)cccc1Cl.NC(=O)CN=Cc1ccccc1Cl.NC(=O)CN=Cc1ccccc1I.NC(N)=N/N=C/Cc1c(Cl)cccc1Cl.NC1=NCCCN1/N=C/c1c(Cl)cccc1Cl.